The lowest BCUT2D eigenvalue weighted by molar-refractivity contribution is 0.268. The van der Waals surface area contributed by atoms with E-state index < -0.39 is 0 Å². The van der Waals surface area contributed by atoms with Crippen molar-refractivity contribution < 1.29 is 14.6 Å². The van der Waals surface area contributed by atoms with Crippen LogP contribution in [-0.2, 0) is 6.54 Å². The number of nitrogens with one attached hydrogen (secondary N) is 1. The second-order valence-corrected chi connectivity index (χ2v) is 4.94. The van der Waals surface area contributed by atoms with Crippen LogP contribution in [0, 0.1) is 0 Å². The van der Waals surface area contributed by atoms with E-state index in [2.05, 4.69) is 21.2 Å². The number of hydrogen-bond donors (Lipinski definition) is 2. The van der Waals surface area contributed by atoms with Crippen LogP contribution < -0.4 is 14.8 Å². The van der Waals surface area contributed by atoms with Crippen LogP contribution in [0.2, 0.25) is 0 Å². The Morgan fingerprint density at radius 2 is 2.06 bits per heavy atom. The van der Waals surface area contributed by atoms with Crippen LogP contribution in [0.1, 0.15) is 18.9 Å². The molecule has 0 heterocycles. The molecule has 1 aromatic rings. The Morgan fingerprint density at radius 1 is 1.33 bits per heavy atom. The predicted molar refractivity (Wildman–Crippen MR) is 75.3 cm³/mol. The van der Waals surface area contributed by atoms with Crippen molar-refractivity contribution >= 4 is 15.9 Å². The van der Waals surface area contributed by atoms with Gasteiger partial charge in [0.05, 0.1) is 14.2 Å². The van der Waals surface area contributed by atoms with Crippen LogP contribution in [0.3, 0.4) is 0 Å². The van der Waals surface area contributed by atoms with Crippen LogP contribution in [0.25, 0.3) is 0 Å². The van der Waals surface area contributed by atoms with Gasteiger partial charge in [0.2, 0.25) is 0 Å². The molecule has 1 atom stereocenters. The molecule has 102 valence electrons. The molecule has 4 nitrogen and oxygen atoms in total. The minimum absolute atomic E-state index is 0.190. The molecule has 1 rings (SSSR count). The zero-order chi connectivity index (χ0) is 13.5. The fraction of sp³-hybridized carbons (Fsp3) is 0.538. The molecule has 1 unspecified atom stereocenters. The molecule has 5 heteroatoms. The van der Waals surface area contributed by atoms with Gasteiger partial charge in [-0.2, -0.15) is 0 Å². The summed E-state index contributed by atoms with van der Waals surface area (Å²) in [7, 11) is 3.27. The number of rotatable bonds is 7. The van der Waals surface area contributed by atoms with Gasteiger partial charge < -0.3 is 19.9 Å². The quantitative estimate of drug-likeness (QED) is 0.810. The molecule has 1 aromatic carbocycles. The molecule has 0 aliphatic carbocycles. The fourth-order valence-electron chi connectivity index (χ4n) is 1.63. The second-order valence-electron chi connectivity index (χ2n) is 4.08. The first-order valence-electron chi connectivity index (χ1n) is 5.87. The molecule has 0 fully saturated rings. The molecular formula is C13H20BrNO3. The van der Waals surface area contributed by atoms with E-state index in [-0.39, 0.29) is 12.6 Å². The highest BCUT2D eigenvalue weighted by atomic mass is 79.9. The first-order chi connectivity index (χ1) is 8.62. The zero-order valence-electron chi connectivity index (χ0n) is 11.0. The van der Waals surface area contributed by atoms with Gasteiger partial charge in [-0.25, -0.2) is 0 Å². The third-order valence-electron chi connectivity index (χ3n) is 2.77. The number of aliphatic hydroxyl groups excluding tert-OH is 1. The summed E-state index contributed by atoms with van der Waals surface area (Å²) in [5, 5.41) is 12.2. The summed E-state index contributed by atoms with van der Waals surface area (Å²) in [5.41, 5.74) is 1.04. The van der Waals surface area contributed by atoms with Crippen molar-refractivity contribution in [3.8, 4) is 11.5 Å². The normalized spacial score (nSPS) is 12.3. The van der Waals surface area contributed by atoms with Gasteiger partial charge in [0.15, 0.2) is 0 Å². The van der Waals surface area contributed by atoms with Crippen LogP contribution in [-0.4, -0.2) is 32.0 Å². The van der Waals surface area contributed by atoms with E-state index in [4.69, 9.17) is 14.6 Å². The average molecular weight is 318 g/mol. The topological polar surface area (TPSA) is 50.7 Å². The maximum Gasteiger partial charge on any atom is 0.128 e. The summed E-state index contributed by atoms with van der Waals surface area (Å²) in [6, 6.07) is 4.03. The van der Waals surface area contributed by atoms with Crippen molar-refractivity contribution in [3.63, 3.8) is 0 Å². The summed E-state index contributed by atoms with van der Waals surface area (Å²) in [4.78, 5) is 0. The van der Waals surface area contributed by atoms with Gasteiger partial charge in [-0.15, -0.1) is 0 Å². The standard InChI is InChI=1S/C13H20BrNO3/c1-9(4-5-16)15-8-11-12(14)6-10(17-2)7-13(11)18-3/h6-7,9,15-16H,4-5,8H2,1-3H3. The van der Waals surface area contributed by atoms with Crippen LogP contribution in [0.5, 0.6) is 11.5 Å². The van der Waals surface area contributed by atoms with E-state index in [9.17, 15) is 0 Å². The highest BCUT2D eigenvalue weighted by Gasteiger charge is 2.11. The Morgan fingerprint density at radius 3 is 2.61 bits per heavy atom. The lowest BCUT2D eigenvalue weighted by Gasteiger charge is -2.16. The van der Waals surface area contributed by atoms with E-state index in [0.717, 1.165) is 28.0 Å². The van der Waals surface area contributed by atoms with Gasteiger partial charge in [-0.1, -0.05) is 15.9 Å². The van der Waals surface area contributed by atoms with E-state index >= 15 is 0 Å². The molecule has 0 aliphatic rings. The first-order valence-corrected chi connectivity index (χ1v) is 6.66. The van der Waals surface area contributed by atoms with Gasteiger partial charge in [-0.05, 0) is 19.4 Å². The monoisotopic (exact) mass is 317 g/mol. The number of ether oxygens (including phenoxy) is 2. The van der Waals surface area contributed by atoms with Gasteiger partial charge in [0.25, 0.3) is 0 Å². The van der Waals surface area contributed by atoms with Crippen molar-refractivity contribution in [2.75, 3.05) is 20.8 Å². The van der Waals surface area contributed by atoms with Gasteiger partial charge in [0.1, 0.15) is 11.5 Å². The zero-order valence-corrected chi connectivity index (χ0v) is 12.6. The maximum absolute atomic E-state index is 8.87. The Kier molecular flexibility index (Phi) is 6.46. The number of halogens is 1. The average Bonchev–Trinajstić information content (AvgIpc) is 2.36. The van der Waals surface area contributed by atoms with Crippen molar-refractivity contribution in [2.45, 2.75) is 25.9 Å². The van der Waals surface area contributed by atoms with Crippen molar-refractivity contribution in [1.29, 1.82) is 0 Å². The molecule has 2 N–H and O–H groups in total. The summed E-state index contributed by atoms with van der Waals surface area (Å²) in [6.07, 6.45) is 0.732. The number of aliphatic hydroxyl groups is 1. The van der Waals surface area contributed by atoms with Crippen LogP contribution in [0.15, 0.2) is 16.6 Å². The molecule has 0 bridgehead atoms. The van der Waals surface area contributed by atoms with Crippen LogP contribution in [0.4, 0.5) is 0 Å². The van der Waals surface area contributed by atoms with Gasteiger partial charge >= 0.3 is 0 Å². The summed E-state index contributed by atoms with van der Waals surface area (Å²) >= 11 is 3.52. The fourth-order valence-corrected chi connectivity index (χ4v) is 2.19. The summed E-state index contributed by atoms with van der Waals surface area (Å²) in [5.74, 6) is 1.54. The molecule has 0 radical (unpaired) electrons. The third-order valence-corrected chi connectivity index (χ3v) is 3.48. The molecule has 0 aromatic heterocycles. The smallest absolute Gasteiger partial charge is 0.128 e. The Balaban J connectivity index is 2.81. The Labute approximate surface area is 116 Å². The molecule has 0 aliphatic heterocycles. The van der Waals surface area contributed by atoms with Crippen LogP contribution >= 0.6 is 15.9 Å². The molecule has 0 saturated carbocycles. The van der Waals surface area contributed by atoms with E-state index in [1.165, 1.54) is 0 Å². The number of hydrogen-bond acceptors (Lipinski definition) is 4. The second kappa shape index (κ2) is 7.61. The third kappa shape index (κ3) is 4.15. The van der Waals surface area contributed by atoms with Crippen molar-refractivity contribution in [1.82, 2.24) is 5.32 Å². The van der Waals surface area contributed by atoms with Crippen molar-refractivity contribution in [3.05, 3.63) is 22.2 Å². The number of benzene rings is 1. The predicted octanol–water partition coefficient (Wildman–Crippen LogP) is 2.33. The summed E-state index contributed by atoms with van der Waals surface area (Å²) in [6.45, 7) is 2.91. The number of methoxy groups -OCH3 is 2. The van der Waals surface area contributed by atoms with E-state index in [0.29, 0.717) is 6.54 Å². The van der Waals surface area contributed by atoms with Gasteiger partial charge in [-0.3, -0.25) is 0 Å². The minimum Gasteiger partial charge on any atom is -0.497 e. The van der Waals surface area contributed by atoms with E-state index in [1.54, 1.807) is 14.2 Å². The lowest BCUT2D eigenvalue weighted by Crippen LogP contribution is -2.26. The lowest BCUT2D eigenvalue weighted by atomic mass is 10.1. The molecule has 0 amide bonds. The highest BCUT2D eigenvalue weighted by Crippen LogP contribution is 2.32. The Bertz CT molecular complexity index is 385. The molecule has 18 heavy (non-hydrogen) atoms. The largest absolute Gasteiger partial charge is 0.497 e. The molecule has 0 spiro atoms. The Hall–Kier alpha value is -0.780. The molecular weight excluding hydrogens is 298 g/mol. The van der Waals surface area contributed by atoms with Gasteiger partial charge in [0, 0.05) is 35.3 Å². The molecule has 0 saturated heterocycles. The highest BCUT2D eigenvalue weighted by molar-refractivity contribution is 9.10. The summed E-state index contributed by atoms with van der Waals surface area (Å²) < 4.78 is 11.5. The SMILES string of the molecule is COc1cc(Br)c(CNC(C)CCO)c(OC)c1. The first kappa shape index (κ1) is 15.3. The van der Waals surface area contributed by atoms with E-state index in [1.807, 2.05) is 19.1 Å². The van der Waals surface area contributed by atoms with Crippen molar-refractivity contribution in [2.24, 2.45) is 0 Å². The minimum atomic E-state index is 0.190. The maximum atomic E-state index is 8.87.